The first-order valence-corrected chi connectivity index (χ1v) is 4.45. The largest absolute Gasteiger partial charge is 0.508 e. The van der Waals surface area contributed by atoms with Gasteiger partial charge in [0.15, 0.2) is 0 Å². The number of aromatic hydroxyl groups is 1. The Hall–Kier alpha value is -2.04. The van der Waals surface area contributed by atoms with E-state index in [1.54, 1.807) is 24.3 Å². The van der Waals surface area contributed by atoms with Crippen LogP contribution in [-0.2, 0) is 11.3 Å². The predicted octanol–water partition coefficient (Wildman–Crippen LogP) is 0.390. The van der Waals surface area contributed by atoms with Gasteiger partial charge in [0.1, 0.15) is 12.0 Å². The van der Waals surface area contributed by atoms with Crippen molar-refractivity contribution in [1.29, 1.82) is 0 Å². The molecule has 0 aliphatic rings. The average Bonchev–Trinajstić information content (AvgIpc) is 2.23. The zero-order chi connectivity index (χ0) is 11.1. The highest BCUT2D eigenvalue weighted by Crippen LogP contribution is 2.10. The maximum absolute atomic E-state index is 11.0. The summed E-state index contributed by atoms with van der Waals surface area (Å²) in [6.07, 6.45) is 0.605. The molecule has 5 heteroatoms. The Morgan fingerprint density at radius 1 is 1.40 bits per heavy atom. The van der Waals surface area contributed by atoms with E-state index in [2.05, 4.69) is 10.6 Å². The molecular formula is C10H12N2O3. The summed E-state index contributed by atoms with van der Waals surface area (Å²) in [7, 11) is 0. The highest BCUT2D eigenvalue weighted by Gasteiger charge is 1.99. The molecule has 80 valence electrons. The maximum Gasteiger partial charge on any atom is 0.315 e. The smallest absolute Gasteiger partial charge is 0.315 e. The van der Waals surface area contributed by atoms with Crippen molar-refractivity contribution in [2.24, 2.45) is 0 Å². The fraction of sp³-hybridized carbons (Fsp3) is 0.200. The summed E-state index contributed by atoms with van der Waals surface area (Å²) >= 11 is 0. The number of nitrogens with one attached hydrogen (secondary N) is 2. The van der Waals surface area contributed by atoms with Gasteiger partial charge in [0.05, 0.1) is 6.54 Å². The van der Waals surface area contributed by atoms with Gasteiger partial charge in [-0.15, -0.1) is 0 Å². The van der Waals surface area contributed by atoms with E-state index >= 15 is 0 Å². The van der Waals surface area contributed by atoms with E-state index in [0.29, 0.717) is 12.8 Å². The lowest BCUT2D eigenvalue weighted by molar-refractivity contribution is -0.107. The third-order valence-electron chi connectivity index (χ3n) is 1.71. The second kappa shape index (κ2) is 5.64. The van der Waals surface area contributed by atoms with Crippen LogP contribution in [0.2, 0.25) is 0 Å². The van der Waals surface area contributed by atoms with Gasteiger partial charge in [-0.1, -0.05) is 12.1 Å². The fourth-order valence-corrected chi connectivity index (χ4v) is 1.05. The van der Waals surface area contributed by atoms with Crippen molar-refractivity contribution in [2.75, 3.05) is 6.54 Å². The standard InChI is InChI=1S/C10H12N2O3/c13-5-4-11-10(15)12-7-8-2-1-3-9(14)6-8/h1-3,5-6,14H,4,7H2,(H2,11,12,15). The Kier molecular flexibility index (Phi) is 4.15. The SMILES string of the molecule is O=CCNC(=O)NCc1cccc(O)c1. The molecule has 0 bridgehead atoms. The lowest BCUT2D eigenvalue weighted by Crippen LogP contribution is -2.35. The molecule has 0 aromatic heterocycles. The molecule has 0 saturated heterocycles. The lowest BCUT2D eigenvalue weighted by Gasteiger charge is -2.05. The summed E-state index contributed by atoms with van der Waals surface area (Å²) in [5.41, 5.74) is 0.788. The van der Waals surface area contributed by atoms with Crippen molar-refractivity contribution in [3.8, 4) is 5.75 Å². The summed E-state index contributed by atoms with van der Waals surface area (Å²) in [4.78, 5) is 21.0. The fourth-order valence-electron chi connectivity index (χ4n) is 1.05. The number of hydrogen-bond donors (Lipinski definition) is 3. The van der Waals surface area contributed by atoms with Gasteiger partial charge in [-0.2, -0.15) is 0 Å². The van der Waals surface area contributed by atoms with E-state index in [1.807, 2.05) is 0 Å². The third kappa shape index (κ3) is 4.12. The van der Waals surface area contributed by atoms with Crippen LogP contribution in [0.3, 0.4) is 0 Å². The number of carbonyl (C=O) groups excluding carboxylic acids is 2. The minimum Gasteiger partial charge on any atom is -0.508 e. The van der Waals surface area contributed by atoms with E-state index in [0.717, 1.165) is 5.56 Å². The molecule has 1 aromatic carbocycles. The van der Waals surface area contributed by atoms with Crippen LogP contribution >= 0.6 is 0 Å². The second-order valence-corrected chi connectivity index (χ2v) is 2.90. The number of phenolic OH excluding ortho intramolecular Hbond substituents is 1. The van der Waals surface area contributed by atoms with Crippen molar-refractivity contribution in [1.82, 2.24) is 10.6 Å². The molecule has 15 heavy (non-hydrogen) atoms. The number of urea groups is 1. The van der Waals surface area contributed by atoms with Gasteiger partial charge in [-0.25, -0.2) is 4.79 Å². The molecule has 0 aliphatic carbocycles. The highest BCUT2D eigenvalue weighted by molar-refractivity contribution is 5.76. The van der Waals surface area contributed by atoms with Gasteiger partial charge in [0, 0.05) is 6.54 Å². The molecule has 0 atom stereocenters. The van der Waals surface area contributed by atoms with E-state index in [9.17, 15) is 9.59 Å². The van der Waals surface area contributed by atoms with E-state index in [4.69, 9.17) is 5.11 Å². The zero-order valence-electron chi connectivity index (χ0n) is 8.06. The molecular weight excluding hydrogens is 196 g/mol. The molecule has 0 heterocycles. The summed E-state index contributed by atoms with van der Waals surface area (Å²) in [6.45, 7) is 0.297. The van der Waals surface area contributed by atoms with Crippen molar-refractivity contribution in [3.05, 3.63) is 29.8 Å². The third-order valence-corrected chi connectivity index (χ3v) is 1.71. The van der Waals surface area contributed by atoms with Crippen LogP contribution in [0.1, 0.15) is 5.56 Å². The van der Waals surface area contributed by atoms with Crippen molar-refractivity contribution in [2.45, 2.75) is 6.54 Å². The summed E-state index contributed by atoms with van der Waals surface area (Å²) in [5.74, 6) is 0.155. The van der Waals surface area contributed by atoms with Crippen LogP contribution in [0.4, 0.5) is 4.79 Å². The number of hydrogen-bond acceptors (Lipinski definition) is 3. The molecule has 2 amide bonds. The Labute approximate surface area is 87.1 Å². The van der Waals surface area contributed by atoms with Crippen LogP contribution < -0.4 is 10.6 Å². The molecule has 0 spiro atoms. The quantitative estimate of drug-likeness (QED) is 0.626. The average molecular weight is 208 g/mol. The number of rotatable bonds is 4. The van der Waals surface area contributed by atoms with E-state index < -0.39 is 6.03 Å². The van der Waals surface area contributed by atoms with Crippen LogP contribution in [0.15, 0.2) is 24.3 Å². The molecule has 0 radical (unpaired) electrons. The topological polar surface area (TPSA) is 78.4 Å². The molecule has 5 nitrogen and oxygen atoms in total. The van der Waals surface area contributed by atoms with Gasteiger partial charge in [-0.05, 0) is 17.7 Å². The van der Waals surface area contributed by atoms with Gasteiger partial charge in [-0.3, -0.25) is 0 Å². The Balaban J connectivity index is 2.36. The zero-order valence-corrected chi connectivity index (χ0v) is 8.06. The number of carbonyl (C=O) groups is 2. The van der Waals surface area contributed by atoms with E-state index in [-0.39, 0.29) is 12.3 Å². The summed E-state index contributed by atoms with van der Waals surface area (Å²) in [6, 6.07) is 6.16. The van der Waals surface area contributed by atoms with Crippen molar-refractivity contribution in [3.63, 3.8) is 0 Å². The number of benzene rings is 1. The van der Waals surface area contributed by atoms with Gasteiger partial charge in [0.25, 0.3) is 0 Å². The maximum atomic E-state index is 11.0. The molecule has 0 aliphatic heterocycles. The molecule has 0 saturated carbocycles. The minimum atomic E-state index is -0.412. The molecule has 3 N–H and O–H groups in total. The normalized spacial score (nSPS) is 9.33. The number of aldehydes is 1. The van der Waals surface area contributed by atoms with Crippen LogP contribution in [0.25, 0.3) is 0 Å². The minimum absolute atomic E-state index is 0.00806. The van der Waals surface area contributed by atoms with Crippen LogP contribution in [0.5, 0.6) is 5.75 Å². The molecule has 0 unspecified atom stereocenters. The molecule has 0 fully saturated rings. The second-order valence-electron chi connectivity index (χ2n) is 2.90. The van der Waals surface area contributed by atoms with Gasteiger partial charge in [0.2, 0.25) is 0 Å². The lowest BCUT2D eigenvalue weighted by atomic mass is 10.2. The van der Waals surface area contributed by atoms with Gasteiger partial charge >= 0.3 is 6.03 Å². The molecule has 1 aromatic rings. The van der Waals surface area contributed by atoms with Crippen molar-refractivity contribution >= 4 is 12.3 Å². The summed E-state index contributed by atoms with van der Waals surface area (Å²) in [5, 5.41) is 14.0. The first-order chi connectivity index (χ1) is 7.22. The Morgan fingerprint density at radius 2 is 2.20 bits per heavy atom. The number of phenols is 1. The number of amides is 2. The monoisotopic (exact) mass is 208 g/mol. The molecule has 1 rings (SSSR count). The van der Waals surface area contributed by atoms with Crippen LogP contribution in [0, 0.1) is 0 Å². The Bertz CT molecular complexity index is 352. The first-order valence-electron chi connectivity index (χ1n) is 4.45. The summed E-state index contributed by atoms with van der Waals surface area (Å²) < 4.78 is 0. The highest BCUT2D eigenvalue weighted by atomic mass is 16.3. The van der Waals surface area contributed by atoms with Gasteiger partial charge < -0.3 is 20.5 Å². The predicted molar refractivity (Wildman–Crippen MR) is 54.4 cm³/mol. The van der Waals surface area contributed by atoms with Crippen molar-refractivity contribution < 1.29 is 14.7 Å². The van der Waals surface area contributed by atoms with E-state index in [1.165, 1.54) is 0 Å². The van der Waals surface area contributed by atoms with Crippen LogP contribution in [-0.4, -0.2) is 24.0 Å². The Morgan fingerprint density at radius 3 is 2.87 bits per heavy atom. The first kappa shape index (κ1) is 11.0.